The van der Waals surface area contributed by atoms with E-state index in [4.69, 9.17) is 0 Å². The molecule has 0 fully saturated rings. The van der Waals surface area contributed by atoms with Crippen molar-refractivity contribution in [1.82, 2.24) is 14.7 Å². The monoisotopic (exact) mass is 325 g/mol. The van der Waals surface area contributed by atoms with Crippen LogP contribution in [0.15, 0.2) is 48.1 Å². The molecule has 3 aromatic rings. The Morgan fingerprint density at radius 2 is 2.09 bits per heavy atom. The molecule has 0 saturated heterocycles. The summed E-state index contributed by atoms with van der Waals surface area (Å²) in [5.41, 5.74) is 2.57. The second kappa shape index (κ2) is 8.18. The van der Waals surface area contributed by atoms with Gasteiger partial charge in [-0.3, -0.25) is 4.98 Å². The van der Waals surface area contributed by atoms with Gasteiger partial charge in [0.1, 0.15) is 0 Å². The Morgan fingerprint density at radius 3 is 2.96 bits per heavy atom. The van der Waals surface area contributed by atoms with Gasteiger partial charge in [-0.15, -0.1) is 0 Å². The molecule has 1 atom stereocenters. The van der Waals surface area contributed by atoms with Crippen molar-refractivity contribution < 1.29 is 0 Å². The predicted octanol–water partition coefficient (Wildman–Crippen LogP) is 4.58. The zero-order valence-corrected chi connectivity index (χ0v) is 14.4. The van der Waals surface area contributed by atoms with E-state index in [-0.39, 0.29) is 0 Å². The molecular formula is C19H23N3S. The van der Waals surface area contributed by atoms with Crippen molar-refractivity contribution in [2.45, 2.75) is 45.2 Å². The van der Waals surface area contributed by atoms with Crippen LogP contribution < -0.4 is 5.32 Å². The van der Waals surface area contributed by atoms with Gasteiger partial charge in [-0.05, 0) is 66.9 Å². The van der Waals surface area contributed by atoms with E-state index in [9.17, 15) is 0 Å². The molecule has 0 aliphatic heterocycles. The molecule has 2 heterocycles. The molecule has 23 heavy (non-hydrogen) atoms. The first-order chi connectivity index (χ1) is 11.3. The third-order valence-electron chi connectivity index (χ3n) is 4.17. The molecule has 0 aliphatic rings. The Labute approximate surface area is 141 Å². The summed E-state index contributed by atoms with van der Waals surface area (Å²) in [5.74, 6) is 0. The summed E-state index contributed by atoms with van der Waals surface area (Å²) in [6, 6.07) is 11.3. The van der Waals surface area contributed by atoms with Crippen LogP contribution in [-0.4, -0.2) is 15.4 Å². The van der Waals surface area contributed by atoms with Crippen LogP contribution in [-0.2, 0) is 13.0 Å². The third kappa shape index (κ3) is 4.85. The standard InChI is InChI=1S/C19H23N3S/c1-15(4-2-3-5-19-9-11-23-22-19)21-13-16-6-7-18-14-20-10-8-17(18)12-16/h6-12,14-15,21H,2-5,13H2,1H3/t15-/m1/s1. The van der Waals surface area contributed by atoms with Crippen LogP contribution in [0.2, 0.25) is 0 Å². The summed E-state index contributed by atoms with van der Waals surface area (Å²) in [7, 11) is 0. The SMILES string of the molecule is C[C@H](CCCCc1ccsn1)NCc1ccc2cnccc2c1. The lowest BCUT2D eigenvalue weighted by Gasteiger charge is -2.14. The lowest BCUT2D eigenvalue weighted by molar-refractivity contribution is 0.488. The van der Waals surface area contributed by atoms with Crippen LogP contribution in [0.25, 0.3) is 10.8 Å². The van der Waals surface area contributed by atoms with Crippen molar-refractivity contribution in [3.8, 4) is 0 Å². The fourth-order valence-corrected chi connectivity index (χ4v) is 3.33. The third-order valence-corrected chi connectivity index (χ3v) is 4.77. The largest absolute Gasteiger partial charge is 0.310 e. The number of nitrogens with one attached hydrogen (secondary N) is 1. The van der Waals surface area contributed by atoms with Crippen molar-refractivity contribution in [2.75, 3.05) is 0 Å². The normalized spacial score (nSPS) is 12.6. The Morgan fingerprint density at radius 1 is 1.13 bits per heavy atom. The average Bonchev–Trinajstić information content (AvgIpc) is 3.10. The van der Waals surface area contributed by atoms with Crippen molar-refractivity contribution >= 4 is 22.3 Å². The minimum Gasteiger partial charge on any atom is -0.310 e. The molecule has 2 aromatic heterocycles. The van der Waals surface area contributed by atoms with E-state index in [0.717, 1.165) is 13.0 Å². The lowest BCUT2D eigenvalue weighted by Crippen LogP contribution is -2.25. The number of aromatic nitrogens is 2. The van der Waals surface area contributed by atoms with E-state index in [2.05, 4.69) is 57.3 Å². The summed E-state index contributed by atoms with van der Waals surface area (Å²) >= 11 is 1.54. The fraction of sp³-hybridized carbons (Fsp3) is 0.368. The second-order valence-electron chi connectivity index (χ2n) is 6.08. The highest BCUT2D eigenvalue weighted by atomic mass is 32.1. The summed E-state index contributed by atoms with van der Waals surface area (Å²) in [5, 5.41) is 8.14. The molecule has 0 saturated carbocycles. The van der Waals surface area contributed by atoms with E-state index in [1.807, 2.05) is 12.4 Å². The molecular weight excluding hydrogens is 302 g/mol. The van der Waals surface area contributed by atoms with Crippen LogP contribution in [0.1, 0.15) is 37.4 Å². The van der Waals surface area contributed by atoms with Crippen molar-refractivity contribution in [3.05, 3.63) is 59.4 Å². The highest BCUT2D eigenvalue weighted by Crippen LogP contribution is 2.15. The fourth-order valence-electron chi connectivity index (χ4n) is 2.76. The van der Waals surface area contributed by atoms with Crippen LogP contribution in [0.5, 0.6) is 0 Å². The maximum atomic E-state index is 4.36. The Balaban J connectivity index is 1.40. The quantitative estimate of drug-likeness (QED) is 0.616. The number of rotatable bonds is 8. The maximum Gasteiger partial charge on any atom is 0.0542 e. The average molecular weight is 325 g/mol. The van der Waals surface area contributed by atoms with E-state index in [1.54, 1.807) is 11.5 Å². The van der Waals surface area contributed by atoms with E-state index in [0.29, 0.717) is 6.04 Å². The first-order valence-electron chi connectivity index (χ1n) is 8.26. The minimum absolute atomic E-state index is 0.540. The molecule has 0 amide bonds. The number of pyridine rings is 1. The number of hydrogen-bond acceptors (Lipinski definition) is 4. The van der Waals surface area contributed by atoms with Crippen molar-refractivity contribution in [3.63, 3.8) is 0 Å². The molecule has 0 radical (unpaired) electrons. The number of fused-ring (bicyclic) bond motifs is 1. The number of hydrogen-bond donors (Lipinski definition) is 1. The summed E-state index contributed by atoms with van der Waals surface area (Å²) < 4.78 is 4.36. The topological polar surface area (TPSA) is 37.8 Å². The van der Waals surface area contributed by atoms with Gasteiger partial charge in [0.05, 0.1) is 5.69 Å². The zero-order chi connectivity index (χ0) is 15.9. The molecule has 0 unspecified atom stereocenters. The van der Waals surface area contributed by atoms with Gasteiger partial charge in [-0.1, -0.05) is 18.6 Å². The summed E-state index contributed by atoms with van der Waals surface area (Å²) in [6.45, 7) is 3.19. The molecule has 1 aromatic carbocycles. The highest BCUT2D eigenvalue weighted by Gasteiger charge is 2.03. The Kier molecular flexibility index (Phi) is 5.72. The smallest absolute Gasteiger partial charge is 0.0542 e. The Hall–Kier alpha value is -1.78. The number of benzene rings is 1. The van der Waals surface area contributed by atoms with Gasteiger partial charge in [0.15, 0.2) is 0 Å². The highest BCUT2D eigenvalue weighted by molar-refractivity contribution is 7.03. The van der Waals surface area contributed by atoms with Gasteiger partial charge in [0, 0.05) is 35.7 Å². The predicted molar refractivity (Wildman–Crippen MR) is 97.7 cm³/mol. The molecule has 0 spiro atoms. The number of aryl methyl sites for hydroxylation is 1. The lowest BCUT2D eigenvalue weighted by atomic mass is 10.1. The van der Waals surface area contributed by atoms with Gasteiger partial charge in [-0.25, -0.2) is 0 Å². The molecule has 0 bridgehead atoms. The van der Waals surface area contributed by atoms with Crippen LogP contribution in [0.3, 0.4) is 0 Å². The van der Waals surface area contributed by atoms with Crippen LogP contribution in [0.4, 0.5) is 0 Å². The first kappa shape index (κ1) is 16.1. The van der Waals surface area contributed by atoms with Gasteiger partial charge >= 0.3 is 0 Å². The van der Waals surface area contributed by atoms with Gasteiger partial charge < -0.3 is 5.32 Å². The van der Waals surface area contributed by atoms with E-state index in [1.165, 1.54) is 41.3 Å². The van der Waals surface area contributed by atoms with E-state index < -0.39 is 0 Å². The minimum atomic E-state index is 0.540. The van der Waals surface area contributed by atoms with Gasteiger partial charge in [0.25, 0.3) is 0 Å². The number of unbranched alkanes of at least 4 members (excludes halogenated alkanes) is 1. The molecule has 0 aliphatic carbocycles. The molecule has 1 N–H and O–H groups in total. The molecule has 4 heteroatoms. The van der Waals surface area contributed by atoms with E-state index >= 15 is 0 Å². The summed E-state index contributed by atoms with van der Waals surface area (Å²) in [6.07, 6.45) is 8.55. The van der Waals surface area contributed by atoms with Crippen molar-refractivity contribution in [2.24, 2.45) is 0 Å². The van der Waals surface area contributed by atoms with Gasteiger partial charge in [-0.2, -0.15) is 4.37 Å². The second-order valence-corrected chi connectivity index (χ2v) is 6.74. The summed E-state index contributed by atoms with van der Waals surface area (Å²) in [4.78, 5) is 4.16. The molecule has 3 nitrogen and oxygen atoms in total. The maximum absolute atomic E-state index is 4.36. The first-order valence-corrected chi connectivity index (χ1v) is 9.10. The number of nitrogens with zero attached hydrogens (tertiary/aromatic N) is 2. The zero-order valence-electron chi connectivity index (χ0n) is 13.5. The molecule has 3 rings (SSSR count). The molecule has 120 valence electrons. The van der Waals surface area contributed by atoms with Crippen LogP contribution in [0, 0.1) is 0 Å². The van der Waals surface area contributed by atoms with Crippen molar-refractivity contribution in [1.29, 1.82) is 0 Å². The van der Waals surface area contributed by atoms with Gasteiger partial charge in [0.2, 0.25) is 0 Å². The van der Waals surface area contributed by atoms with Crippen LogP contribution >= 0.6 is 11.5 Å². The Bertz CT molecular complexity index is 724.